The monoisotopic (exact) mass is 344 g/mol. The highest BCUT2D eigenvalue weighted by Crippen LogP contribution is 2.26. The number of rotatable bonds is 4. The van der Waals surface area contributed by atoms with Crippen molar-refractivity contribution >= 4 is 23.3 Å². The topological polar surface area (TPSA) is 43.8 Å². The second-order valence-corrected chi connectivity index (χ2v) is 6.59. The molecule has 0 aliphatic carbocycles. The number of hydrogen-bond acceptors (Lipinski definition) is 3. The van der Waals surface area contributed by atoms with Crippen LogP contribution in [0.3, 0.4) is 0 Å². The van der Waals surface area contributed by atoms with Crippen LogP contribution in [-0.2, 0) is 4.79 Å². The molecule has 0 saturated carbocycles. The molecular formula is C19H21ClN2O2. The van der Waals surface area contributed by atoms with E-state index in [4.69, 9.17) is 11.6 Å². The second-order valence-electron chi connectivity index (χ2n) is 6.16. The molecule has 1 unspecified atom stereocenters. The first-order chi connectivity index (χ1) is 11.5. The molecule has 1 aliphatic rings. The van der Waals surface area contributed by atoms with E-state index in [-0.39, 0.29) is 0 Å². The van der Waals surface area contributed by atoms with Gasteiger partial charge in [0.1, 0.15) is 6.04 Å². The third-order valence-electron chi connectivity index (χ3n) is 4.44. The van der Waals surface area contributed by atoms with Crippen LogP contribution < -0.4 is 4.90 Å². The summed E-state index contributed by atoms with van der Waals surface area (Å²) in [5, 5.41) is 10.4. The fraction of sp³-hybridized carbons (Fsp3) is 0.316. The second kappa shape index (κ2) is 7.24. The van der Waals surface area contributed by atoms with Crippen LogP contribution >= 0.6 is 11.6 Å². The lowest BCUT2D eigenvalue weighted by Gasteiger charge is -2.39. The Labute approximate surface area is 147 Å². The molecule has 3 rings (SSSR count). The summed E-state index contributed by atoms with van der Waals surface area (Å²) in [4.78, 5) is 16.1. The Bertz CT molecular complexity index is 727. The number of nitrogens with zero attached hydrogens (tertiary/aromatic N) is 2. The molecule has 1 N–H and O–H groups in total. The first-order valence-electron chi connectivity index (χ1n) is 8.08. The van der Waals surface area contributed by atoms with Crippen molar-refractivity contribution in [1.82, 2.24) is 4.90 Å². The van der Waals surface area contributed by atoms with Gasteiger partial charge in [-0.3, -0.25) is 9.69 Å². The maximum atomic E-state index is 11.8. The van der Waals surface area contributed by atoms with Crippen LogP contribution in [0.5, 0.6) is 0 Å². The molecule has 0 radical (unpaired) electrons. The Morgan fingerprint density at radius 2 is 1.79 bits per heavy atom. The number of aliphatic carboxylic acids is 1. The van der Waals surface area contributed by atoms with Gasteiger partial charge < -0.3 is 10.0 Å². The number of anilines is 1. The average molecular weight is 345 g/mol. The number of carboxylic acids is 1. The lowest BCUT2D eigenvalue weighted by atomic mass is 10.0. The van der Waals surface area contributed by atoms with Crippen LogP contribution in [-0.4, -0.2) is 42.2 Å². The lowest BCUT2D eigenvalue weighted by molar-refractivity contribution is -0.143. The molecule has 0 bridgehead atoms. The maximum Gasteiger partial charge on any atom is 0.325 e. The summed E-state index contributed by atoms with van der Waals surface area (Å²) in [5.74, 6) is -0.795. The normalized spacial score (nSPS) is 16.8. The van der Waals surface area contributed by atoms with E-state index in [2.05, 4.69) is 4.90 Å². The first-order valence-corrected chi connectivity index (χ1v) is 8.46. The van der Waals surface area contributed by atoms with E-state index in [1.165, 1.54) is 0 Å². The summed E-state index contributed by atoms with van der Waals surface area (Å²) in [6.45, 7) is 4.97. The van der Waals surface area contributed by atoms with Crippen molar-refractivity contribution in [3.05, 3.63) is 64.7 Å². The summed E-state index contributed by atoms with van der Waals surface area (Å²) in [7, 11) is 0. The maximum absolute atomic E-state index is 11.8. The molecule has 1 atom stereocenters. The van der Waals surface area contributed by atoms with Crippen LogP contribution in [0.1, 0.15) is 17.2 Å². The van der Waals surface area contributed by atoms with Crippen molar-refractivity contribution < 1.29 is 9.90 Å². The molecular weight excluding hydrogens is 324 g/mol. The van der Waals surface area contributed by atoms with Crippen LogP contribution in [0.25, 0.3) is 0 Å². The van der Waals surface area contributed by atoms with Crippen LogP contribution in [0, 0.1) is 6.92 Å². The number of piperazine rings is 1. The van der Waals surface area contributed by atoms with E-state index in [1.54, 1.807) is 0 Å². The number of carboxylic acid groups (broad SMARTS) is 1. The highest BCUT2D eigenvalue weighted by Gasteiger charge is 2.30. The van der Waals surface area contributed by atoms with E-state index in [9.17, 15) is 9.90 Å². The van der Waals surface area contributed by atoms with Gasteiger partial charge in [-0.1, -0.05) is 47.5 Å². The van der Waals surface area contributed by atoms with E-state index in [0.29, 0.717) is 13.1 Å². The summed E-state index contributed by atoms with van der Waals surface area (Å²) in [5.41, 5.74) is 3.01. The highest BCUT2D eigenvalue weighted by atomic mass is 35.5. The summed E-state index contributed by atoms with van der Waals surface area (Å²) >= 11 is 6.06. The molecule has 2 aromatic carbocycles. The minimum absolute atomic E-state index is 0.591. The number of halogens is 1. The summed E-state index contributed by atoms with van der Waals surface area (Å²) in [6, 6.07) is 15.0. The van der Waals surface area contributed by atoms with Gasteiger partial charge in [-0.05, 0) is 30.7 Å². The molecule has 2 aromatic rings. The molecule has 24 heavy (non-hydrogen) atoms. The third-order valence-corrected chi connectivity index (χ3v) is 4.68. The van der Waals surface area contributed by atoms with Gasteiger partial charge in [0.25, 0.3) is 0 Å². The van der Waals surface area contributed by atoms with Gasteiger partial charge in [0.2, 0.25) is 0 Å². The fourth-order valence-corrected chi connectivity index (χ4v) is 3.45. The predicted molar refractivity (Wildman–Crippen MR) is 96.8 cm³/mol. The molecule has 0 aromatic heterocycles. The van der Waals surface area contributed by atoms with Crippen molar-refractivity contribution in [2.45, 2.75) is 13.0 Å². The van der Waals surface area contributed by atoms with Gasteiger partial charge in [-0.15, -0.1) is 0 Å². The number of benzene rings is 2. The largest absolute Gasteiger partial charge is 0.480 e. The standard InChI is InChI=1S/C19H21ClN2O2/c1-14-4-2-5-15(12-14)18(19(23)24)22-10-8-21(9-11-22)17-7-3-6-16(20)13-17/h2-7,12-13,18H,8-11H2,1H3,(H,23,24). The quantitative estimate of drug-likeness (QED) is 0.920. The fourth-order valence-electron chi connectivity index (χ4n) is 3.26. The van der Waals surface area contributed by atoms with Crippen LogP contribution in [0.2, 0.25) is 5.02 Å². The Hall–Kier alpha value is -2.04. The molecule has 0 spiro atoms. The van der Waals surface area contributed by atoms with E-state index in [1.807, 2.05) is 60.4 Å². The van der Waals surface area contributed by atoms with Gasteiger partial charge in [-0.25, -0.2) is 0 Å². The lowest BCUT2D eigenvalue weighted by Crippen LogP contribution is -2.49. The summed E-state index contributed by atoms with van der Waals surface area (Å²) in [6.07, 6.45) is 0. The molecule has 1 heterocycles. The molecule has 5 heteroatoms. The predicted octanol–water partition coefficient (Wildman–Crippen LogP) is 3.60. The van der Waals surface area contributed by atoms with Gasteiger partial charge in [0.15, 0.2) is 0 Å². The minimum atomic E-state index is -0.795. The number of carbonyl (C=O) groups is 1. The molecule has 1 saturated heterocycles. The number of hydrogen-bond donors (Lipinski definition) is 1. The minimum Gasteiger partial charge on any atom is -0.480 e. The molecule has 0 amide bonds. The van der Waals surface area contributed by atoms with E-state index < -0.39 is 12.0 Å². The van der Waals surface area contributed by atoms with Crippen molar-refractivity contribution in [1.29, 1.82) is 0 Å². The van der Waals surface area contributed by atoms with Gasteiger partial charge >= 0.3 is 5.97 Å². The Kier molecular flexibility index (Phi) is 5.07. The molecule has 126 valence electrons. The molecule has 1 aliphatic heterocycles. The Morgan fingerprint density at radius 3 is 2.42 bits per heavy atom. The Balaban J connectivity index is 1.73. The third kappa shape index (κ3) is 3.71. The first kappa shape index (κ1) is 16.8. The van der Waals surface area contributed by atoms with Gasteiger partial charge in [0, 0.05) is 36.9 Å². The van der Waals surface area contributed by atoms with Crippen molar-refractivity contribution in [3.8, 4) is 0 Å². The zero-order chi connectivity index (χ0) is 17.1. The average Bonchev–Trinajstić information content (AvgIpc) is 2.55. The van der Waals surface area contributed by atoms with Crippen LogP contribution in [0.4, 0.5) is 5.69 Å². The van der Waals surface area contributed by atoms with Crippen molar-refractivity contribution in [2.24, 2.45) is 0 Å². The van der Waals surface area contributed by atoms with E-state index in [0.717, 1.165) is 34.9 Å². The zero-order valence-electron chi connectivity index (χ0n) is 13.7. The SMILES string of the molecule is Cc1cccc(C(C(=O)O)N2CCN(c3cccc(Cl)c3)CC2)c1. The summed E-state index contributed by atoms with van der Waals surface area (Å²) < 4.78 is 0. The van der Waals surface area contributed by atoms with Crippen molar-refractivity contribution in [2.75, 3.05) is 31.1 Å². The van der Waals surface area contributed by atoms with Gasteiger partial charge in [-0.2, -0.15) is 0 Å². The Morgan fingerprint density at radius 1 is 1.08 bits per heavy atom. The van der Waals surface area contributed by atoms with Crippen molar-refractivity contribution in [3.63, 3.8) is 0 Å². The van der Waals surface area contributed by atoms with E-state index >= 15 is 0 Å². The smallest absolute Gasteiger partial charge is 0.325 e. The zero-order valence-corrected chi connectivity index (χ0v) is 14.4. The van der Waals surface area contributed by atoms with Gasteiger partial charge in [0.05, 0.1) is 0 Å². The van der Waals surface area contributed by atoms with Crippen LogP contribution in [0.15, 0.2) is 48.5 Å². The molecule has 1 fully saturated rings. The highest BCUT2D eigenvalue weighted by molar-refractivity contribution is 6.30. The number of aryl methyl sites for hydroxylation is 1. The molecule has 4 nitrogen and oxygen atoms in total.